The van der Waals surface area contributed by atoms with E-state index in [-0.39, 0.29) is 24.2 Å². The molecule has 1 saturated heterocycles. The Balaban J connectivity index is 1.70. The van der Waals surface area contributed by atoms with E-state index in [1.165, 1.54) is 0 Å². The molecule has 3 rings (SSSR count). The first kappa shape index (κ1) is 14.6. The molecule has 7 heteroatoms. The van der Waals surface area contributed by atoms with Gasteiger partial charge in [0, 0.05) is 36.9 Å². The molecule has 2 amide bonds. The van der Waals surface area contributed by atoms with Crippen molar-refractivity contribution in [2.75, 3.05) is 16.8 Å². The SMILES string of the molecule is Cn1cc(NC(=O)[C@H]2CC(=O)N(c3cccc(Cl)c3)C2)cn1. The highest BCUT2D eigenvalue weighted by atomic mass is 35.5. The topological polar surface area (TPSA) is 67.2 Å². The molecule has 1 N–H and O–H groups in total. The Morgan fingerprint density at radius 3 is 2.95 bits per heavy atom. The number of hydrogen-bond donors (Lipinski definition) is 1. The summed E-state index contributed by atoms with van der Waals surface area (Å²) >= 11 is 5.95. The lowest BCUT2D eigenvalue weighted by atomic mass is 10.1. The van der Waals surface area contributed by atoms with Crippen molar-refractivity contribution in [3.8, 4) is 0 Å². The van der Waals surface area contributed by atoms with Gasteiger partial charge >= 0.3 is 0 Å². The third-order valence-corrected chi connectivity index (χ3v) is 3.82. The third kappa shape index (κ3) is 2.96. The van der Waals surface area contributed by atoms with Crippen molar-refractivity contribution >= 4 is 34.8 Å². The zero-order valence-electron chi connectivity index (χ0n) is 12.0. The van der Waals surface area contributed by atoms with E-state index >= 15 is 0 Å². The fourth-order valence-corrected chi connectivity index (χ4v) is 2.69. The quantitative estimate of drug-likeness (QED) is 0.942. The summed E-state index contributed by atoms with van der Waals surface area (Å²) in [5.74, 6) is -0.633. The van der Waals surface area contributed by atoms with Crippen molar-refractivity contribution in [1.29, 1.82) is 0 Å². The number of nitrogens with one attached hydrogen (secondary N) is 1. The van der Waals surface area contributed by atoms with Crippen molar-refractivity contribution in [1.82, 2.24) is 9.78 Å². The molecule has 0 spiro atoms. The number of aryl methyl sites for hydroxylation is 1. The van der Waals surface area contributed by atoms with Crippen LogP contribution in [0.3, 0.4) is 0 Å². The second kappa shape index (κ2) is 5.81. The van der Waals surface area contributed by atoms with E-state index in [4.69, 9.17) is 11.6 Å². The van der Waals surface area contributed by atoms with Gasteiger partial charge in [-0.2, -0.15) is 5.10 Å². The van der Waals surface area contributed by atoms with Crippen LogP contribution in [-0.2, 0) is 16.6 Å². The van der Waals surface area contributed by atoms with Crippen molar-refractivity contribution < 1.29 is 9.59 Å². The summed E-state index contributed by atoms with van der Waals surface area (Å²) in [6, 6.07) is 7.07. The summed E-state index contributed by atoms with van der Waals surface area (Å²) in [5.41, 5.74) is 1.34. The molecule has 114 valence electrons. The summed E-state index contributed by atoms with van der Waals surface area (Å²) in [6.07, 6.45) is 3.48. The van der Waals surface area contributed by atoms with Gasteiger partial charge in [0.05, 0.1) is 17.8 Å². The van der Waals surface area contributed by atoms with Crippen LogP contribution in [0.2, 0.25) is 5.02 Å². The minimum atomic E-state index is -0.383. The van der Waals surface area contributed by atoms with Crippen molar-refractivity contribution in [3.05, 3.63) is 41.7 Å². The number of carbonyl (C=O) groups is 2. The van der Waals surface area contributed by atoms with Gasteiger partial charge in [0.1, 0.15) is 0 Å². The first-order chi connectivity index (χ1) is 10.5. The lowest BCUT2D eigenvalue weighted by Gasteiger charge is -2.16. The molecule has 0 bridgehead atoms. The molecule has 1 aliphatic rings. The molecule has 1 atom stereocenters. The van der Waals surface area contributed by atoms with Gasteiger partial charge in [-0.3, -0.25) is 14.3 Å². The molecule has 1 aromatic heterocycles. The monoisotopic (exact) mass is 318 g/mol. The van der Waals surface area contributed by atoms with Gasteiger partial charge in [-0.05, 0) is 18.2 Å². The van der Waals surface area contributed by atoms with E-state index in [0.717, 1.165) is 0 Å². The molecule has 22 heavy (non-hydrogen) atoms. The zero-order valence-corrected chi connectivity index (χ0v) is 12.7. The maximum atomic E-state index is 12.3. The van der Waals surface area contributed by atoms with E-state index in [2.05, 4.69) is 10.4 Å². The standard InChI is InChI=1S/C15H15ClN4O2/c1-19-9-12(7-17-19)18-15(22)10-5-14(21)20(8-10)13-4-2-3-11(16)6-13/h2-4,6-7,9-10H,5,8H2,1H3,(H,18,22)/t10-/m0/s1. The molecule has 1 aliphatic heterocycles. The van der Waals surface area contributed by atoms with Crippen molar-refractivity contribution in [2.24, 2.45) is 13.0 Å². The number of rotatable bonds is 3. The Labute approximate surface area is 132 Å². The fourth-order valence-electron chi connectivity index (χ4n) is 2.51. The van der Waals surface area contributed by atoms with Gasteiger partial charge < -0.3 is 10.2 Å². The van der Waals surface area contributed by atoms with E-state index < -0.39 is 0 Å². The number of anilines is 2. The largest absolute Gasteiger partial charge is 0.323 e. The van der Waals surface area contributed by atoms with Crippen molar-refractivity contribution in [2.45, 2.75) is 6.42 Å². The highest BCUT2D eigenvalue weighted by Gasteiger charge is 2.35. The van der Waals surface area contributed by atoms with Gasteiger partial charge in [-0.15, -0.1) is 0 Å². The predicted molar refractivity (Wildman–Crippen MR) is 83.7 cm³/mol. The first-order valence-corrected chi connectivity index (χ1v) is 7.26. The van der Waals surface area contributed by atoms with Gasteiger partial charge in [0.15, 0.2) is 0 Å². The Bertz CT molecular complexity index is 728. The number of hydrogen-bond acceptors (Lipinski definition) is 3. The lowest BCUT2D eigenvalue weighted by Crippen LogP contribution is -2.28. The number of nitrogens with zero attached hydrogens (tertiary/aromatic N) is 3. The molecule has 2 aromatic rings. The minimum absolute atomic E-state index is 0.0754. The molecule has 2 heterocycles. The highest BCUT2D eigenvalue weighted by molar-refractivity contribution is 6.31. The lowest BCUT2D eigenvalue weighted by molar-refractivity contribution is -0.122. The van der Waals surface area contributed by atoms with Crippen LogP contribution in [-0.4, -0.2) is 28.1 Å². The summed E-state index contributed by atoms with van der Waals surface area (Å²) < 4.78 is 1.60. The second-order valence-corrected chi connectivity index (χ2v) is 5.71. The van der Waals surface area contributed by atoms with Gasteiger partial charge in [-0.1, -0.05) is 17.7 Å². The van der Waals surface area contributed by atoms with Crippen LogP contribution in [0.5, 0.6) is 0 Å². The van der Waals surface area contributed by atoms with Crippen LogP contribution in [0.25, 0.3) is 0 Å². The molecular weight excluding hydrogens is 304 g/mol. The van der Waals surface area contributed by atoms with E-state index in [0.29, 0.717) is 22.9 Å². The molecule has 0 saturated carbocycles. The average molecular weight is 319 g/mol. The Hall–Kier alpha value is -2.34. The van der Waals surface area contributed by atoms with Crippen LogP contribution in [0.4, 0.5) is 11.4 Å². The maximum Gasteiger partial charge on any atom is 0.229 e. The predicted octanol–water partition coefficient (Wildman–Crippen LogP) is 2.07. The van der Waals surface area contributed by atoms with Crippen LogP contribution >= 0.6 is 11.6 Å². The molecule has 0 radical (unpaired) electrons. The van der Waals surface area contributed by atoms with Gasteiger partial charge in [0.25, 0.3) is 0 Å². The zero-order chi connectivity index (χ0) is 15.7. The molecular formula is C15H15ClN4O2. The molecule has 0 unspecified atom stereocenters. The normalized spacial score (nSPS) is 17.8. The number of aromatic nitrogens is 2. The van der Waals surface area contributed by atoms with Crippen LogP contribution in [0.15, 0.2) is 36.7 Å². The molecule has 1 fully saturated rings. The second-order valence-electron chi connectivity index (χ2n) is 5.28. The van der Waals surface area contributed by atoms with E-state index in [1.807, 2.05) is 6.07 Å². The third-order valence-electron chi connectivity index (χ3n) is 3.59. The summed E-state index contributed by atoms with van der Waals surface area (Å²) in [4.78, 5) is 26.0. The highest BCUT2D eigenvalue weighted by Crippen LogP contribution is 2.27. The first-order valence-electron chi connectivity index (χ1n) is 6.88. The summed E-state index contributed by atoms with van der Waals surface area (Å²) in [7, 11) is 1.77. The Kier molecular flexibility index (Phi) is 3.85. The maximum absolute atomic E-state index is 12.3. The van der Waals surface area contributed by atoms with Gasteiger partial charge in [-0.25, -0.2) is 0 Å². The number of benzene rings is 1. The van der Waals surface area contributed by atoms with Crippen molar-refractivity contribution in [3.63, 3.8) is 0 Å². The van der Waals surface area contributed by atoms with Gasteiger partial charge in [0.2, 0.25) is 11.8 Å². The number of amides is 2. The minimum Gasteiger partial charge on any atom is -0.323 e. The van der Waals surface area contributed by atoms with Crippen LogP contribution in [0, 0.1) is 5.92 Å². The Morgan fingerprint density at radius 2 is 2.27 bits per heavy atom. The van der Waals surface area contributed by atoms with Crippen LogP contribution < -0.4 is 10.2 Å². The van der Waals surface area contributed by atoms with E-state index in [9.17, 15) is 9.59 Å². The number of carbonyl (C=O) groups excluding carboxylic acids is 2. The average Bonchev–Trinajstić information content (AvgIpc) is 3.05. The summed E-state index contributed by atoms with van der Waals surface area (Å²) in [6.45, 7) is 0.352. The van der Waals surface area contributed by atoms with Crippen LogP contribution in [0.1, 0.15) is 6.42 Å². The summed E-state index contributed by atoms with van der Waals surface area (Å²) in [5, 5.41) is 7.34. The molecule has 6 nitrogen and oxygen atoms in total. The molecule has 1 aromatic carbocycles. The molecule has 0 aliphatic carbocycles. The Morgan fingerprint density at radius 1 is 1.45 bits per heavy atom. The number of halogens is 1. The smallest absolute Gasteiger partial charge is 0.229 e. The van der Waals surface area contributed by atoms with E-state index in [1.54, 1.807) is 47.2 Å². The fraction of sp³-hybridized carbons (Fsp3) is 0.267.